The van der Waals surface area contributed by atoms with Gasteiger partial charge in [-0.2, -0.15) is 0 Å². The van der Waals surface area contributed by atoms with E-state index >= 15 is 0 Å². The molecule has 2 heterocycles. The molecule has 0 radical (unpaired) electrons. The van der Waals surface area contributed by atoms with Gasteiger partial charge < -0.3 is 34.3 Å². The molecule has 1 aromatic rings. The van der Waals surface area contributed by atoms with Gasteiger partial charge in [0.15, 0.2) is 12.1 Å². The van der Waals surface area contributed by atoms with Crippen LogP contribution in [0.2, 0.25) is 0 Å². The Hall–Kier alpha value is -2.27. The molecule has 2 aliphatic heterocycles. The van der Waals surface area contributed by atoms with E-state index in [-0.39, 0.29) is 12.5 Å². The molecule has 0 saturated carbocycles. The molecule has 1 aromatic carbocycles. The molecular weight excluding hydrogens is 472 g/mol. The molecule has 0 spiro atoms. The average molecular weight is 509 g/mol. The van der Waals surface area contributed by atoms with Crippen LogP contribution in [0.5, 0.6) is 0 Å². The zero-order valence-corrected chi connectivity index (χ0v) is 22.1. The number of hydrogen-bond acceptors (Lipinski definition) is 8. The van der Waals surface area contributed by atoms with Gasteiger partial charge in [0.05, 0.1) is 22.6 Å². The monoisotopic (exact) mass is 508 g/mol. The zero-order chi connectivity index (χ0) is 26.0. The number of carbonyl (C=O) groups excluding carboxylic acids is 2. The number of rotatable bonds is 7. The van der Waals surface area contributed by atoms with Crippen LogP contribution in [-0.2, 0) is 23.7 Å². The first-order valence-electron chi connectivity index (χ1n) is 11.8. The molecule has 0 aromatic heterocycles. The maximum atomic E-state index is 12.5. The molecule has 35 heavy (non-hydrogen) atoms. The van der Waals surface area contributed by atoms with Crippen LogP contribution >= 0.6 is 12.2 Å². The molecule has 9 nitrogen and oxygen atoms in total. The van der Waals surface area contributed by atoms with Crippen LogP contribution in [0.3, 0.4) is 0 Å². The number of carbonyl (C=O) groups is 2. The zero-order valence-electron chi connectivity index (χ0n) is 21.3. The van der Waals surface area contributed by atoms with Gasteiger partial charge in [-0.15, -0.1) is 0 Å². The summed E-state index contributed by atoms with van der Waals surface area (Å²) in [5, 5.41) is 6.14. The summed E-state index contributed by atoms with van der Waals surface area (Å²) in [4.78, 5) is 25.3. The largest absolute Gasteiger partial charge is 0.459 e. The summed E-state index contributed by atoms with van der Waals surface area (Å²) in [7, 11) is 0. The van der Waals surface area contributed by atoms with Gasteiger partial charge >= 0.3 is 12.1 Å². The maximum absolute atomic E-state index is 12.5. The summed E-state index contributed by atoms with van der Waals surface area (Å²) in [6.07, 6.45) is -2.28. The molecule has 5 atom stereocenters. The molecule has 2 fully saturated rings. The van der Waals surface area contributed by atoms with E-state index in [4.69, 9.17) is 35.9 Å². The Kier molecular flexibility index (Phi) is 8.41. The highest BCUT2D eigenvalue weighted by molar-refractivity contribution is 7.80. The third-order valence-corrected chi connectivity index (χ3v) is 5.84. The van der Waals surface area contributed by atoms with Gasteiger partial charge in [0, 0.05) is 0 Å². The summed E-state index contributed by atoms with van der Waals surface area (Å²) >= 11 is 5.69. The van der Waals surface area contributed by atoms with E-state index in [2.05, 4.69) is 10.6 Å². The van der Waals surface area contributed by atoms with Gasteiger partial charge in [-0.3, -0.25) is 0 Å². The standard InChI is InChI=1S/C25H36N2O7S/c1-14(2)17(27-23(29)34-24(3,4)5)20(35)26-18-16(31-22-19(18)32-25(6,7)33-22)13-30-21(28)15-11-9-8-10-12-15/h8-12,14,16-19,22H,13H2,1-7H3,(H,26,35)(H,27,29)/t16-,17+,18+,19-,22-/m1/s1. The average Bonchev–Trinajstić information content (AvgIpc) is 3.21. The van der Waals surface area contributed by atoms with Crippen LogP contribution in [-0.4, -0.2) is 65.6 Å². The topological polar surface area (TPSA) is 104 Å². The molecule has 3 rings (SSSR count). The SMILES string of the molecule is CC(C)[C@H](NC(=O)OC(C)(C)C)C(=S)N[C@@H]1[C@H]2OC(C)(C)O[C@H]2O[C@@H]1COC(=O)c1ccccc1. The summed E-state index contributed by atoms with van der Waals surface area (Å²) in [5.41, 5.74) is -0.192. The number of alkyl carbamates (subject to hydrolysis) is 1. The first-order valence-corrected chi connectivity index (χ1v) is 12.2. The van der Waals surface area contributed by atoms with Gasteiger partial charge in [-0.25, -0.2) is 9.59 Å². The normalized spacial score (nSPS) is 26.1. The Morgan fingerprint density at radius 1 is 1.14 bits per heavy atom. The minimum absolute atomic E-state index is 0.0211. The Morgan fingerprint density at radius 3 is 2.40 bits per heavy atom. The Balaban J connectivity index is 1.70. The second-order valence-electron chi connectivity index (χ2n) is 10.5. The second kappa shape index (κ2) is 10.8. The fourth-order valence-corrected chi connectivity index (χ4v) is 4.40. The first kappa shape index (κ1) is 27.3. The number of fused-ring (bicyclic) bond motifs is 1. The molecule has 0 aliphatic carbocycles. The lowest BCUT2D eigenvalue weighted by Gasteiger charge is -2.31. The van der Waals surface area contributed by atoms with Gasteiger partial charge in [0.1, 0.15) is 24.4 Å². The fraction of sp³-hybridized carbons (Fsp3) is 0.640. The quantitative estimate of drug-likeness (QED) is 0.423. The van der Waals surface area contributed by atoms with Gasteiger partial charge in [0.2, 0.25) is 0 Å². The van der Waals surface area contributed by atoms with Crippen molar-refractivity contribution in [1.29, 1.82) is 0 Å². The van der Waals surface area contributed by atoms with Crippen molar-refractivity contribution in [1.82, 2.24) is 10.6 Å². The molecule has 2 saturated heterocycles. The third-order valence-electron chi connectivity index (χ3n) is 5.47. The number of nitrogens with one attached hydrogen (secondary N) is 2. The Bertz CT molecular complexity index is 916. The van der Waals surface area contributed by atoms with E-state index in [9.17, 15) is 9.59 Å². The number of ether oxygens (including phenoxy) is 5. The van der Waals surface area contributed by atoms with Crippen LogP contribution < -0.4 is 10.6 Å². The Morgan fingerprint density at radius 2 is 1.80 bits per heavy atom. The first-order chi connectivity index (χ1) is 16.3. The van der Waals surface area contributed by atoms with E-state index < -0.39 is 54.0 Å². The van der Waals surface area contributed by atoms with Crippen molar-refractivity contribution >= 4 is 29.3 Å². The summed E-state index contributed by atoms with van der Waals surface area (Å²) in [6.45, 7) is 12.9. The van der Waals surface area contributed by atoms with Crippen LogP contribution in [0.4, 0.5) is 4.79 Å². The number of amides is 1. The molecule has 194 valence electrons. The van der Waals surface area contributed by atoms with E-state index in [1.165, 1.54) is 0 Å². The highest BCUT2D eigenvalue weighted by atomic mass is 32.1. The fourth-order valence-electron chi connectivity index (χ4n) is 3.93. The van der Waals surface area contributed by atoms with E-state index in [0.717, 1.165) is 0 Å². The highest BCUT2D eigenvalue weighted by Gasteiger charge is 2.55. The molecule has 10 heteroatoms. The van der Waals surface area contributed by atoms with Crippen molar-refractivity contribution < 1.29 is 33.3 Å². The summed E-state index contributed by atoms with van der Waals surface area (Å²) < 4.78 is 28.9. The predicted molar refractivity (Wildman–Crippen MR) is 133 cm³/mol. The van der Waals surface area contributed by atoms with Crippen LogP contribution in [0.1, 0.15) is 58.8 Å². The highest BCUT2D eigenvalue weighted by Crippen LogP contribution is 2.37. The van der Waals surface area contributed by atoms with Crippen molar-refractivity contribution in [2.75, 3.05) is 6.61 Å². The van der Waals surface area contributed by atoms with Crippen molar-refractivity contribution in [3.8, 4) is 0 Å². The van der Waals surface area contributed by atoms with Crippen molar-refractivity contribution in [2.24, 2.45) is 5.92 Å². The van der Waals surface area contributed by atoms with Crippen molar-refractivity contribution in [2.45, 2.75) is 90.4 Å². The molecule has 0 bridgehead atoms. The van der Waals surface area contributed by atoms with E-state index in [1.54, 1.807) is 58.9 Å². The van der Waals surface area contributed by atoms with Gasteiger partial charge in [-0.05, 0) is 52.7 Å². The summed E-state index contributed by atoms with van der Waals surface area (Å²) in [5.74, 6) is -1.32. The third kappa shape index (κ3) is 7.36. The van der Waals surface area contributed by atoms with Gasteiger partial charge in [-0.1, -0.05) is 44.3 Å². The number of thiocarbonyl (C=S) groups is 1. The van der Waals surface area contributed by atoms with Gasteiger partial charge in [0.25, 0.3) is 0 Å². The maximum Gasteiger partial charge on any atom is 0.408 e. The van der Waals surface area contributed by atoms with Crippen LogP contribution in [0.25, 0.3) is 0 Å². The molecule has 0 unspecified atom stereocenters. The summed E-state index contributed by atoms with van der Waals surface area (Å²) in [6, 6.07) is 7.75. The predicted octanol–water partition coefficient (Wildman–Crippen LogP) is 3.55. The number of hydrogen-bond donors (Lipinski definition) is 2. The molecule has 2 N–H and O–H groups in total. The van der Waals surface area contributed by atoms with E-state index in [1.807, 2.05) is 19.9 Å². The lowest BCUT2D eigenvalue weighted by molar-refractivity contribution is -0.210. The number of benzene rings is 1. The van der Waals surface area contributed by atoms with Crippen molar-refractivity contribution in [3.05, 3.63) is 35.9 Å². The molecule has 1 amide bonds. The van der Waals surface area contributed by atoms with Crippen molar-refractivity contribution in [3.63, 3.8) is 0 Å². The molecular formula is C25H36N2O7S. The van der Waals surface area contributed by atoms with E-state index in [0.29, 0.717) is 10.6 Å². The molecule has 2 aliphatic rings. The van der Waals surface area contributed by atoms with Crippen LogP contribution in [0.15, 0.2) is 30.3 Å². The lowest BCUT2D eigenvalue weighted by Crippen LogP contribution is -2.56. The number of esters is 1. The minimum atomic E-state index is -0.839. The smallest absolute Gasteiger partial charge is 0.408 e. The Labute approximate surface area is 212 Å². The lowest BCUT2D eigenvalue weighted by atomic mass is 10.0. The minimum Gasteiger partial charge on any atom is -0.459 e. The van der Waals surface area contributed by atoms with Crippen LogP contribution in [0, 0.1) is 5.92 Å². The second-order valence-corrected chi connectivity index (χ2v) is 10.9.